The molecule has 310 valence electrons. The fourth-order valence-electron chi connectivity index (χ4n) is 12.1. The average Bonchev–Trinajstić information content (AvgIpc) is 4.01. The minimum atomic E-state index is -0.453. The van der Waals surface area contributed by atoms with Gasteiger partial charge in [0.2, 0.25) is 0 Å². The van der Waals surface area contributed by atoms with Gasteiger partial charge in [0, 0.05) is 27.8 Å². The van der Waals surface area contributed by atoms with E-state index in [0.29, 0.717) is 0 Å². The van der Waals surface area contributed by atoms with E-state index in [1.807, 2.05) is 0 Å². The first-order chi connectivity index (χ1) is 33.2. The van der Waals surface area contributed by atoms with Crippen LogP contribution in [0.5, 0.6) is 0 Å². The summed E-state index contributed by atoms with van der Waals surface area (Å²) in [5.41, 5.74) is 17.5. The number of fused-ring (bicyclic) bond motifs is 20. The molecule has 0 bridgehead atoms. The average molecular weight is 850 g/mol. The molecule has 0 atom stereocenters. The van der Waals surface area contributed by atoms with E-state index in [1.165, 1.54) is 87.6 Å². The van der Waals surface area contributed by atoms with Crippen molar-refractivity contribution in [1.29, 1.82) is 0 Å². The molecule has 13 aromatic rings. The third-order valence-electron chi connectivity index (χ3n) is 15.0. The second-order valence-electron chi connectivity index (χ2n) is 18.3. The smallest absolute Gasteiger partial charge is 0.136 e. The molecule has 2 aliphatic rings. The van der Waals surface area contributed by atoms with Crippen molar-refractivity contribution in [1.82, 2.24) is 0 Å². The Balaban J connectivity index is 0.944. The molecule has 15 rings (SSSR count). The van der Waals surface area contributed by atoms with E-state index < -0.39 is 5.41 Å². The number of hydrogen-bond acceptors (Lipinski definition) is 2. The van der Waals surface area contributed by atoms with Gasteiger partial charge in [0.15, 0.2) is 0 Å². The van der Waals surface area contributed by atoms with E-state index in [0.717, 1.165) is 50.1 Å². The van der Waals surface area contributed by atoms with Crippen LogP contribution in [0.4, 0.5) is 17.1 Å². The fraction of sp³-hybridized carbons (Fsp3) is 0.0154. The van der Waals surface area contributed by atoms with Crippen molar-refractivity contribution in [2.24, 2.45) is 0 Å². The van der Waals surface area contributed by atoms with E-state index in [1.54, 1.807) is 0 Å². The van der Waals surface area contributed by atoms with E-state index in [-0.39, 0.29) is 0 Å². The van der Waals surface area contributed by atoms with Crippen molar-refractivity contribution in [3.63, 3.8) is 0 Å². The predicted molar refractivity (Wildman–Crippen MR) is 280 cm³/mol. The minimum absolute atomic E-state index is 0.453. The van der Waals surface area contributed by atoms with Crippen molar-refractivity contribution in [2.75, 3.05) is 4.90 Å². The second kappa shape index (κ2) is 13.7. The topological polar surface area (TPSA) is 16.4 Å². The Hall–Kier alpha value is -8.72. The van der Waals surface area contributed by atoms with Gasteiger partial charge in [-0.25, -0.2) is 0 Å². The Kier molecular flexibility index (Phi) is 7.46. The first-order valence-electron chi connectivity index (χ1n) is 23.2. The zero-order valence-corrected chi connectivity index (χ0v) is 36.4. The van der Waals surface area contributed by atoms with Gasteiger partial charge in [-0.05, 0) is 159 Å². The van der Waals surface area contributed by atoms with Gasteiger partial charge in [-0.2, -0.15) is 0 Å². The van der Waals surface area contributed by atoms with Crippen LogP contribution in [0.1, 0.15) is 22.3 Å². The summed E-state index contributed by atoms with van der Waals surface area (Å²) in [4.78, 5) is 2.47. The Morgan fingerprint density at radius 1 is 0.269 bits per heavy atom. The molecule has 0 radical (unpaired) electrons. The highest BCUT2D eigenvalue weighted by Crippen LogP contribution is 2.63. The summed E-state index contributed by atoms with van der Waals surface area (Å²) >= 11 is 0. The van der Waals surface area contributed by atoms with Crippen LogP contribution in [-0.4, -0.2) is 0 Å². The van der Waals surface area contributed by atoms with E-state index in [4.69, 9.17) is 4.42 Å². The summed E-state index contributed by atoms with van der Waals surface area (Å²) in [7, 11) is 0. The second-order valence-corrected chi connectivity index (χ2v) is 18.3. The number of nitrogens with zero attached hydrogens (tertiary/aromatic N) is 1. The Morgan fingerprint density at radius 2 is 0.731 bits per heavy atom. The Labute approximate surface area is 387 Å². The molecular weight excluding hydrogens is 811 g/mol. The van der Waals surface area contributed by atoms with Gasteiger partial charge in [-0.15, -0.1) is 0 Å². The maximum Gasteiger partial charge on any atom is 0.136 e. The predicted octanol–water partition coefficient (Wildman–Crippen LogP) is 17.7. The van der Waals surface area contributed by atoms with Crippen LogP contribution in [0.15, 0.2) is 241 Å². The summed E-state index contributed by atoms with van der Waals surface area (Å²) in [5.74, 6) is 0. The van der Waals surface area contributed by atoms with Crippen LogP contribution in [0, 0.1) is 0 Å². The lowest BCUT2D eigenvalue weighted by atomic mass is 9.70. The molecule has 0 unspecified atom stereocenters. The molecule has 0 fully saturated rings. The molecule has 0 aliphatic heterocycles. The molecule has 2 aliphatic carbocycles. The van der Waals surface area contributed by atoms with Gasteiger partial charge in [0.1, 0.15) is 11.2 Å². The van der Waals surface area contributed by atoms with Crippen molar-refractivity contribution < 1.29 is 4.42 Å². The highest BCUT2D eigenvalue weighted by Gasteiger charge is 2.51. The van der Waals surface area contributed by atoms with Crippen LogP contribution in [0.2, 0.25) is 0 Å². The first kappa shape index (κ1) is 36.6. The maximum absolute atomic E-state index is 6.40. The van der Waals surface area contributed by atoms with Crippen molar-refractivity contribution in [3.8, 4) is 33.4 Å². The van der Waals surface area contributed by atoms with Gasteiger partial charge in [0.25, 0.3) is 0 Å². The molecule has 1 aromatic heterocycles. The molecule has 0 N–H and O–H groups in total. The number of benzene rings is 12. The minimum Gasteiger partial charge on any atom is -0.456 e. The number of hydrogen-bond donors (Lipinski definition) is 0. The van der Waals surface area contributed by atoms with Crippen LogP contribution in [0.3, 0.4) is 0 Å². The van der Waals surface area contributed by atoms with Crippen molar-refractivity contribution >= 4 is 82.1 Å². The lowest BCUT2D eigenvalue weighted by Crippen LogP contribution is -2.26. The van der Waals surface area contributed by atoms with Crippen LogP contribution < -0.4 is 4.90 Å². The molecule has 0 saturated carbocycles. The highest BCUT2D eigenvalue weighted by atomic mass is 16.3. The lowest BCUT2D eigenvalue weighted by molar-refractivity contribution is 0.669. The van der Waals surface area contributed by atoms with Crippen LogP contribution in [0.25, 0.3) is 98.4 Å². The Bertz CT molecular complexity index is 4130. The molecule has 0 saturated heterocycles. The maximum atomic E-state index is 6.40. The molecule has 1 heterocycles. The molecule has 2 heteroatoms. The van der Waals surface area contributed by atoms with Crippen LogP contribution in [-0.2, 0) is 5.41 Å². The Morgan fingerprint density at radius 3 is 1.37 bits per heavy atom. The van der Waals surface area contributed by atoms with E-state index >= 15 is 0 Å². The standard InChI is InChI=1S/C65H39NO/c1-2-14-42-37-64-58(35-41(42)13-1)57-36-43(27-34-63(57)67-64)40-25-28-44(29-26-40)66(45-30-32-51-49-17-4-3-15-47(49)48-16-5-6-18-50(48)56(51)38-45)46-31-33-55-54-21-9-12-24-61(54)65(62(55)39-46)59-22-10-7-19-52(59)53-20-8-11-23-60(53)65/h1-39H. The lowest BCUT2D eigenvalue weighted by Gasteiger charge is -2.32. The van der Waals surface area contributed by atoms with Crippen molar-refractivity contribution in [2.45, 2.75) is 5.41 Å². The zero-order valence-electron chi connectivity index (χ0n) is 36.4. The third-order valence-corrected chi connectivity index (χ3v) is 15.0. The number of rotatable bonds is 4. The SMILES string of the molecule is c1ccc2c(c1)-c1ccccc1C21c2ccccc2-c2ccc(N(c3ccc(-c4ccc5oc6cc7ccccc7cc6c5c4)cc3)c3ccc4c5ccccc5c5ccccc5c4c3)cc21. The van der Waals surface area contributed by atoms with Gasteiger partial charge in [0.05, 0.1) is 5.41 Å². The van der Waals surface area contributed by atoms with Gasteiger partial charge in [-0.1, -0.05) is 176 Å². The molecule has 67 heavy (non-hydrogen) atoms. The van der Waals surface area contributed by atoms with Gasteiger partial charge >= 0.3 is 0 Å². The van der Waals surface area contributed by atoms with Crippen LogP contribution >= 0.6 is 0 Å². The quantitative estimate of drug-likeness (QED) is 0.164. The number of anilines is 3. The molecule has 12 aromatic carbocycles. The highest BCUT2D eigenvalue weighted by molar-refractivity contribution is 6.26. The van der Waals surface area contributed by atoms with E-state index in [9.17, 15) is 0 Å². The molecule has 0 amide bonds. The van der Waals surface area contributed by atoms with Gasteiger partial charge in [-0.3, -0.25) is 0 Å². The third kappa shape index (κ3) is 5.04. The largest absolute Gasteiger partial charge is 0.456 e. The van der Waals surface area contributed by atoms with E-state index in [2.05, 4.69) is 241 Å². The molecule has 2 nitrogen and oxygen atoms in total. The first-order valence-corrected chi connectivity index (χ1v) is 23.2. The molecule has 1 spiro atoms. The summed E-state index contributed by atoms with van der Waals surface area (Å²) in [5, 5.41) is 12.2. The summed E-state index contributed by atoms with van der Waals surface area (Å²) in [6, 6.07) is 87.8. The molecular formula is C65H39NO. The number of furan rings is 1. The monoisotopic (exact) mass is 849 g/mol. The summed E-state index contributed by atoms with van der Waals surface area (Å²) in [6.45, 7) is 0. The fourth-order valence-corrected chi connectivity index (χ4v) is 12.1. The van der Waals surface area contributed by atoms with Crippen molar-refractivity contribution in [3.05, 3.63) is 259 Å². The summed E-state index contributed by atoms with van der Waals surface area (Å²) in [6.07, 6.45) is 0. The van der Waals surface area contributed by atoms with Gasteiger partial charge < -0.3 is 9.32 Å². The zero-order chi connectivity index (χ0) is 43.8. The summed E-state index contributed by atoms with van der Waals surface area (Å²) < 4.78 is 6.40. The normalized spacial score (nSPS) is 13.2.